The number of rotatable bonds is 7. The summed E-state index contributed by atoms with van der Waals surface area (Å²) >= 11 is 0. The second kappa shape index (κ2) is 8.62. The zero-order chi connectivity index (χ0) is 18.4. The summed E-state index contributed by atoms with van der Waals surface area (Å²) in [5.74, 6) is -0.249. The number of nitrogens with zero attached hydrogens (tertiary/aromatic N) is 3. The van der Waals surface area contributed by atoms with Gasteiger partial charge in [-0.05, 0) is 39.1 Å². The van der Waals surface area contributed by atoms with Gasteiger partial charge in [-0.15, -0.1) is 0 Å². The number of hydrogen-bond donors (Lipinski definition) is 2. The molecule has 0 unspecified atom stereocenters. The minimum Gasteiger partial charge on any atom is -0.336 e. The number of halogens is 1. The maximum absolute atomic E-state index is 13.7. The Hall–Kier alpha value is -2.41. The minimum atomic E-state index is -0.264. The second-order valence-corrected chi connectivity index (χ2v) is 6.48. The Kier molecular flexibility index (Phi) is 6.52. The van der Waals surface area contributed by atoms with Crippen molar-refractivity contribution in [3.05, 3.63) is 53.6 Å². The number of amides is 2. The van der Waals surface area contributed by atoms with E-state index in [-0.39, 0.29) is 23.9 Å². The molecule has 0 bridgehead atoms. The molecule has 1 aromatic heterocycles. The average Bonchev–Trinajstić information content (AvgIpc) is 2.95. The van der Waals surface area contributed by atoms with Crippen molar-refractivity contribution in [3.63, 3.8) is 0 Å². The minimum absolute atomic E-state index is 0.0290. The van der Waals surface area contributed by atoms with Gasteiger partial charge in [0, 0.05) is 31.4 Å². The van der Waals surface area contributed by atoms with Crippen LogP contribution < -0.4 is 10.6 Å². The maximum atomic E-state index is 13.7. The molecule has 1 aromatic carbocycles. The van der Waals surface area contributed by atoms with Gasteiger partial charge < -0.3 is 15.5 Å². The second-order valence-electron chi connectivity index (χ2n) is 6.48. The number of urea groups is 1. The molecule has 0 aliphatic rings. The van der Waals surface area contributed by atoms with Crippen molar-refractivity contribution >= 4 is 6.03 Å². The number of carbonyl (C=O) groups is 1. The third-order valence-electron chi connectivity index (χ3n) is 4.05. The van der Waals surface area contributed by atoms with E-state index in [1.54, 1.807) is 29.1 Å². The maximum Gasteiger partial charge on any atom is 0.315 e. The van der Waals surface area contributed by atoms with Gasteiger partial charge in [0.15, 0.2) is 0 Å². The zero-order valence-electron chi connectivity index (χ0n) is 15.2. The number of likely N-dealkylation sites (N-methyl/N-ethyl adjacent to an activating group) is 1. The van der Waals surface area contributed by atoms with E-state index in [9.17, 15) is 9.18 Å². The third kappa shape index (κ3) is 5.56. The number of aromatic nitrogens is 2. The van der Waals surface area contributed by atoms with Crippen molar-refractivity contribution in [2.75, 3.05) is 20.6 Å². The van der Waals surface area contributed by atoms with Gasteiger partial charge in [-0.2, -0.15) is 5.10 Å². The fourth-order valence-corrected chi connectivity index (χ4v) is 2.72. The van der Waals surface area contributed by atoms with Gasteiger partial charge in [0.05, 0.1) is 12.2 Å². The zero-order valence-corrected chi connectivity index (χ0v) is 15.2. The standard InChI is InChI=1S/C18H26FN5O/c1-13(9-14-7-5-6-8-16(14)19)22-18(25)20-11-17(23(2)3)15-10-21-24(4)12-15/h5-8,10,12-13,17H,9,11H2,1-4H3,(H2,20,22,25)/t13-,17-/m0/s1. The summed E-state index contributed by atoms with van der Waals surface area (Å²) in [7, 11) is 5.77. The van der Waals surface area contributed by atoms with Crippen LogP contribution in [0.15, 0.2) is 36.7 Å². The summed E-state index contributed by atoms with van der Waals surface area (Å²) in [6, 6.07) is 6.20. The Labute approximate surface area is 148 Å². The first-order chi connectivity index (χ1) is 11.9. The molecule has 2 aromatic rings. The molecular weight excluding hydrogens is 321 g/mol. The Morgan fingerprint density at radius 2 is 2.08 bits per heavy atom. The van der Waals surface area contributed by atoms with Crippen LogP contribution in [0.5, 0.6) is 0 Å². The van der Waals surface area contributed by atoms with Crippen molar-refractivity contribution in [1.82, 2.24) is 25.3 Å². The van der Waals surface area contributed by atoms with Crippen LogP contribution in [-0.2, 0) is 13.5 Å². The van der Waals surface area contributed by atoms with Gasteiger partial charge in [0.1, 0.15) is 5.82 Å². The molecular formula is C18H26FN5O. The van der Waals surface area contributed by atoms with E-state index < -0.39 is 0 Å². The van der Waals surface area contributed by atoms with Crippen LogP contribution in [0.2, 0.25) is 0 Å². The smallest absolute Gasteiger partial charge is 0.315 e. The normalized spacial score (nSPS) is 13.5. The largest absolute Gasteiger partial charge is 0.336 e. The molecule has 2 N–H and O–H groups in total. The van der Waals surface area contributed by atoms with Gasteiger partial charge >= 0.3 is 6.03 Å². The van der Waals surface area contributed by atoms with E-state index in [2.05, 4.69) is 15.7 Å². The Bertz CT molecular complexity index is 700. The van der Waals surface area contributed by atoms with E-state index in [1.165, 1.54) is 6.07 Å². The molecule has 0 aliphatic heterocycles. The Balaban J connectivity index is 1.85. The molecule has 7 heteroatoms. The monoisotopic (exact) mass is 347 g/mol. The van der Waals surface area contributed by atoms with E-state index in [4.69, 9.17) is 0 Å². The summed E-state index contributed by atoms with van der Waals surface area (Å²) in [5.41, 5.74) is 1.63. The van der Waals surface area contributed by atoms with Crippen molar-refractivity contribution in [1.29, 1.82) is 0 Å². The van der Waals surface area contributed by atoms with E-state index in [1.807, 2.05) is 39.2 Å². The van der Waals surface area contributed by atoms with Crippen LogP contribution >= 0.6 is 0 Å². The first-order valence-corrected chi connectivity index (χ1v) is 8.29. The summed E-state index contributed by atoms with van der Waals surface area (Å²) in [6.07, 6.45) is 4.18. The molecule has 0 saturated carbocycles. The first kappa shape index (κ1) is 18.9. The topological polar surface area (TPSA) is 62.2 Å². The van der Waals surface area contributed by atoms with Gasteiger partial charge in [-0.1, -0.05) is 18.2 Å². The fraction of sp³-hybridized carbons (Fsp3) is 0.444. The van der Waals surface area contributed by atoms with Crippen molar-refractivity contribution in [2.45, 2.75) is 25.4 Å². The predicted octanol–water partition coefficient (Wildman–Crippen LogP) is 2.09. The van der Waals surface area contributed by atoms with Crippen LogP contribution in [-0.4, -0.2) is 47.4 Å². The summed E-state index contributed by atoms with van der Waals surface area (Å²) in [4.78, 5) is 14.2. The molecule has 6 nitrogen and oxygen atoms in total. The molecule has 2 amide bonds. The third-order valence-corrected chi connectivity index (χ3v) is 4.05. The van der Waals surface area contributed by atoms with Gasteiger partial charge in [0.2, 0.25) is 0 Å². The molecule has 0 spiro atoms. The molecule has 0 saturated heterocycles. The number of nitrogens with one attached hydrogen (secondary N) is 2. The molecule has 2 rings (SSSR count). The summed E-state index contributed by atoms with van der Waals surface area (Å²) in [6.45, 7) is 2.31. The quantitative estimate of drug-likeness (QED) is 0.806. The van der Waals surface area contributed by atoms with Crippen LogP contribution in [0.4, 0.5) is 9.18 Å². The lowest BCUT2D eigenvalue weighted by Gasteiger charge is -2.24. The molecule has 0 fully saturated rings. The number of benzene rings is 1. The number of carbonyl (C=O) groups excluding carboxylic acids is 1. The molecule has 25 heavy (non-hydrogen) atoms. The van der Waals surface area contributed by atoms with Gasteiger partial charge in [-0.25, -0.2) is 9.18 Å². The van der Waals surface area contributed by atoms with Crippen molar-refractivity contribution in [3.8, 4) is 0 Å². The predicted molar refractivity (Wildman–Crippen MR) is 95.7 cm³/mol. The molecule has 1 heterocycles. The van der Waals surface area contributed by atoms with Gasteiger partial charge in [-0.3, -0.25) is 4.68 Å². The van der Waals surface area contributed by atoms with E-state index in [0.29, 0.717) is 18.5 Å². The Morgan fingerprint density at radius 1 is 1.36 bits per heavy atom. The lowest BCUT2D eigenvalue weighted by atomic mass is 10.1. The highest BCUT2D eigenvalue weighted by Gasteiger charge is 2.17. The highest BCUT2D eigenvalue weighted by Crippen LogP contribution is 2.16. The average molecular weight is 347 g/mol. The number of aryl methyl sites for hydroxylation is 1. The molecule has 136 valence electrons. The highest BCUT2D eigenvalue weighted by molar-refractivity contribution is 5.74. The lowest BCUT2D eigenvalue weighted by Crippen LogP contribution is -2.44. The van der Waals surface area contributed by atoms with E-state index >= 15 is 0 Å². The van der Waals surface area contributed by atoms with Gasteiger partial charge in [0.25, 0.3) is 0 Å². The van der Waals surface area contributed by atoms with Crippen molar-refractivity contribution < 1.29 is 9.18 Å². The summed E-state index contributed by atoms with van der Waals surface area (Å²) < 4.78 is 15.4. The van der Waals surface area contributed by atoms with Crippen LogP contribution in [0.25, 0.3) is 0 Å². The highest BCUT2D eigenvalue weighted by atomic mass is 19.1. The van der Waals surface area contributed by atoms with Crippen molar-refractivity contribution in [2.24, 2.45) is 7.05 Å². The van der Waals surface area contributed by atoms with E-state index in [0.717, 1.165) is 5.56 Å². The number of hydrogen-bond acceptors (Lipinski definition) is 3. The van der Waals surface area contributed by atoms with Crippen LogP contribution in [0.1, 0.15) is 24.1 Å². The fourth-order valence-electron chi connectivity index (χ4n) is 2.72. The van der Waals surface area contributed by atoms with Crippen LogP contribution in [0.3, 0.4) is 0 Å². The molecule has 0 radical (unpaired) electrons. The molecule has 0 aliphatic carbocycles. The first-order valence-electron chi connectivity index (χ1n) is 8.29. The molecule has 2 atom stereocenters. The SMILES string of the molecule is C[C@@H](Cc1ccccc1F)NC(=O)NC[C@@H](c1cnn(C)c1)N(C)C. The van der Waals surface area contributed by atoms with Crippen LogP contribution in [0, 0.1) is 5.82 Å². The summed E-state index contributed by atoms with van der Waals surface area (Å²) in [5, 5.41) is 9.91. The Morgan fingerprint density at radius 3 is 2.68 bits per heavy atom. The lowest BCUT2D eigenvalue weighted by molar-refractivity contribution is 0.230.